The number of nitrogens with zero attached hydrogens (tertiary/aromatic N) is 1. The van der Waals surface area contributed by atoms with E-state index in [2.05, 4.69) is 6.92 Å². The Morgan fingerprint density at radius 2 is 1.94 bits per heavy atom. The molecule has 2 rings (SSSR count). The van der Waals surface area contributed by atoms with E-state index in [1.807, 2.05) is 14.0 Å². The van der Waals surface area contributed by atoms with E-state index in [0.717, 1.165) is 12.0 Å². The fourth-order valence-corrected chi connectivity index (χ4v) is 2.08. The summed E-state index contributed by atoms with van der Waals surface area (Å²) in [6.07, 6.45) is 0.999. The molecule has 0 aromatic heterocycles. The van der Waals surface area contributed by atoms with Crippen LogP contribution in [0.25, 0.3) is 0 Å². The molecule has 1 aliphatic rings. The van der Waals surface area contributed by atoms with Crippen molar-refractivity contribution < 1.29 is 9.18 Å². The molecule has 0 radical (unpaired) electrons. The Bertz CT molecular complexity index is 415. The molecule has 2 nitrogen and oxygen atoms in total. The number of amides is 1. The highest BCUT2D eigenvalue weighted by molar-refractivity contribution is 5.81. The highest BCUT2D eigenvalue weighted by Crippen LogP contribution is 2.40. The summed E-state index contributed by atoms with van der Waals surface area (Å²) in [5.41, 5.74) is 0.968. The molecule has 1 fully saturated rings. The Kier molecular flexibility index (Phi) is 3.18. The zero-order valence-electron chi connectivity index (χ0n) is 10.5. The van der Waals surface area contributed by atoms with Gasteiger partial charge in [-0.2, -0.15) is 0 Å². The first-order valence-electron chi connectivity index (χ1n) is 6.03. The molecular weight excluding hydrogens is 217 g/mol. The van der Waals surface area contributed by atoms with E-state index in [1.165, 1.54) is 12.1 Å². The molecule has 92 valence electrons. The molecule has 0 heterocycles. The van der Waals surface area contributed by atoms with Crippen molar-refractivity contribution in [2.45, 2.75) is 26.3 Å². The maximum Gasteiger partial charge on any atom is 0.226 e. The van der Waals surface area contributed by atoms with E-state index in [0.29, 0.717) is 5.92 Å². The molecule has 1 saturated carbocycles. The lowest BCUT2D eigenvalue weighted by Crippen LogP contribution is -2.31. The zero-order chi connectivity index (χ0) is 12.6. The normalized spacial score (nSPS) is 24.2. The van der Waals surface area contributed by atoms with E-state index >= 15 is 0 Å². The molecule has 0 N–H and O–H groups in total. The van der Waals surface area contributed by atoms with Crippen LogP contribution < -0.4 is 0 Å². The van der Waals surface area contributed by atoms with Crippen LogP contribution in [0.2, 0.25) is 0 Å². The van der Waals surface area contributed by atoms with Crippen LogP contribution in [0.5, 0.6) is 0 Å². The van der Waals surface area contributed by atoms with Crippen molar-refractivity contribution in [3.63, 3.8) is 0 Å². The lowest BCUT2D eigenvalue weighted by atomic mass is 10.1. The van der Waals surface area contributed by atoms with Crippen molar-refractivity contribution in [3.8, 4) is 0 Å². The maximum absolute atomic E-state index is 12.8. The average molecular weight is 235 g/mol. The summed E-state index contributed by atoms with van der Waals surface area (Å²) in [5.74, 6) is 0.674. The van der Waals surface area contributed by atoms with Crippen molar-refractivity contribution in [2.24, 2.45) is 11.8 Å². The second-order valence-corrected chi connectivity index (χ2v) is 5.00. The number of carbonyl (C=O) groups excluding carboxylic acids is 1. The summed E-state index contributed by atoms with van der Waals surface area (Å²) in [5, 5.41) is 0. The minimum Gasteiger partial charge on any atom is -0.339 e. The number of hydrogen-bond acceptors (Lipinski definition) is 1. The van der Waals surface area contributed by atoms with Crippen LogP contribution >= 0.6 is 0 Å². The van der Waals surface area contributed by atoms with Crippen LogP contribution in [0.15, 0.2) is 24.3 Å². The molecular formula is C14H18FNO. The lowest BCUT2D eigenvalue weighted by Gasteiger charge is -2.25. The van der Waals surface area contributed by atoms with Crippen LogP contribution in [0.4, 0.5) is 4.39 Å². The Balaban J connectivity index is 2.06. The van der Waals surface area contributed by atoms with Crippen LogP contribution in [0.3, 0.4) is 0 Å². The average Bonchev–Trinajstić information content (AvgIpc) is 3.04. The van der Waals surface area contributed by atoms with Crippen molar-refractivity contribution in [2.75, 3.05) is 7.05 Å². The number of halogens is 1. The third kappa shape index (κ3) is 2.48. The summed E-state index contributed by atoms with van der Waals surface area (Å²) in [7, 11) is 1.82. The molecule has 0 spiro atoms. The SMILES string of the molecule is C[C@@H]1C[C@H]1C(=O)N(C)[C@H](C)c1ccc(F)cc1. The second kappa shape index (κ2) is 4.47. The topological polar surface area (TPSA) is 20.3 Å². The summed E-state index contributed by atoms with van der Waals surface area (Å²) in [6, 6.07) is 6.34. The first kappa shape index (κ1) is 12.1. The van der Waals surface area contributed by atoms with Crippen molar-refractivity contribution in [1.82, 2.24) is 4.90 Å². The fourth-order valence-electron chi connectivity index (χ4n) is 2.08. The Labute approximate surface area is 101 Å². The minimum absolute atomic E-state index is 0.00380. The lowest BCUT2D eigenvalue weighted by molar-refractivity contribution is -0.133. The minimum atomic E-state index is -0.245. The Hall–Kier alpha value is -1.38. The van der Waals surface area contributed by atoms with Gasteiger partial charge in [0.05, 0.1) is 6.04 Å². The van der Waals surface area contributed by atoms with E-state index < -0.39 is 0 Å². The van der Waals surface area contributed by atoms with Gasteiger partial charge in [0, 0.05) is 13.0 Å². The third-order valence-electron chi connectivity index (χ3n) is 3.71. The summed E-state index contributed by atoms with van der Waals surface area (Å²) < 4.78 is 12.8. The first-order chi connectivity index (χ1) is 8.00. The smallest absolute Gasteiger partial charge is 0.226 e. The van der Waals surface area contributed by atoms with Gasteiger partial charge in [0.15, 0.2) is 0 Å². The highest BCUT2D eigenvalue weighted by Gasteiger charge is 2.41. The number of hydrogen-bond donors (Lipinski definition) is 0. The monoisotopic (exact) mass is 235 g/mol. The van der Waals surface area contributed by atoms with Gasteiger partial charge < -0.3 is 4.90 Å². The van der Waals surface area contributed by atoms with Gasteiger partial charge in [-0.1, -0.05) is 19.1 Å². The molecule has 1 aromatic rings. The quantitative estimate of drug-likeness (QED) is 0.788. The summed E-state index contributed by atoms with van der Waals surface area (Å²) in [6.45, 7) is 4.07. The van der Waals surface area contributed by atoms with Crippen molar-refractivity contribution >= 4 is 5.91 Å². The van der Waals surface area contributed by atoms with Gasteiger partial charge in [-0.25, -0.2) is 4.39 Å². The molecule has 1 aliphatic carbocycles. The molecule has 0 unspecified atom stereocenters. The maximum atomic E-state index is 12.8. The fraction of sp³-hybridized carbons (Fsp3) is 0.500. The van der Waals surface area contributed by atoms with Crippen LogP contribution in [-0.2, 0) is 4.79 Å². The van der Waals surface area contributed by atoms with Gasteiger partial charge in [0.1, 0.15) is 5.82 Å². The Morgan fingerprint density at radius 3 is 2.41 bits per heavy atom. The highest BCUT2D eigenvalue weighted by atomic mass is 19.1. The predicted molar refractivity (Wildman–Crippen MR) is 64.9 cm³/mol. The standard InChI is InChI=1S/C14H18FNO/c1-9-8-13(9)14(17)16(3)10(2)11-4-6-12(15)7-5-11/h4-7,9-10,13H,8H2,1-3H3/t9-,10-,13-/m1/s1. The van der Waals surface area contributed by atoms with Crippen LogP contribution in [0.1, 0.15) is 31.9 Å². The molecule has 0 bridgehead atoms. The van der Waals surface area contributed by atoms with Gasteiger partial charge in [-0.3, -0.25) is 4.79 Å². The van der Waals surface area contributed by atoms with Gasteiger partial charge in [-0.05, 0) is 37.0 Å². The van der Waals surface area contributed by atoms with E-state index in [1.54, 1.807) is 17.0 Å². The summed E-state index contributed by atoms with van der Waals surface area (Å²) >= 11 is 0. The van der Waals surface area contributed by atoms with E-state index in [4.69, 9.17) is 0 Å². The van der Waals surface area contributed by atoms with Gasteiger partial charge in [0.25, 0.3) is 0 Å². The van der Waals surface area contributed by atoms with Gasteiger partial charge in [0.2, 0.25) is 5.91 Å². The number of benzene rings is 1. The van der Waals surface area contributed by atoms with Crippen molar-refractivity contribution in [1.29, 1.82) is 0 Å². The molecule has 3 atom stereocenters. The largest absolute Gasteiger partial charge is 0.339 e. The third-order valence-corrected chi connectivity index (χ3v) is 3.71. The van der Waals surface area contributed by atoms with Crippen molar-refractivity contribution in [3.05, 3.63) is 35.6 Å². The predicted octanol–water partition coefficient (Wildman–Crippen LogP) is 3.00. The first-order valence-corrected chi connectivity index (χ1v) is 6.03. The number of carbonyl (C=O) groups is 1. The molecule has 0 saturated heterocycles. The zero-order valence-corrected chi connectivity index (χ0v) is 10.5. The van der Waals surface area contributed by atoms with Gasteiger partial charge >= 0.3 is 0 Å². The van der Waals surface area contributed by atoms with Crippen LogP contribution in [0, 0.1) is 17.7 Å². The Morgan fingerprint density at radius 1 is 1.41 bits per heavy atom. The molecule has 1 aromatic carbocycles. The van der Waals surface area contributed by atoms with E-state index in [9.17, 15) is 9.18 Å². The second-order valence-electron chi connectivity index (χ2n) is 5.00. The van der Waals surface area contributed by atoms with E-state index in [-0.39, 0.29) is 23.7 Å². The number of rotatable bonds is 3. The van der Waals surface area contributed by atoms with Gasteiger partial charge in [-0.15, -0.1) is 0 Å². The molecule has 17 heavy (non-hydrogen) atoms. The molecule has 1 amide bonds. The summed E-state index contributed by atoms with van der Waals surface area (Å²) in [4.78, 5) is 13.8. The van der Waals surface area contributed by atoms with Crippen LogP contribution in [-0.4, -0.2) is 17.9 Å². The molecule has 0 aliphatic heterocycles. The molecule has 3 heteroatoms.